The van der Waals surface area contributed by atoms with E-state index in [1.54, 1.807) is 17.8 Å². The van der Waals surface area contributed by atoms with Crippen molar-refractivity contribution in [2.24, 2.45) is 0 Å². The molecule has 0 bridgehead atoms. The number of hydrogen-bond donors (Lipinski definition) is 0. The van der Waals surface area contributed by atoms with E-state index in [1.165, 1.54) is 0 Å². The van der Waals surface area contributed by atoms with Crippen LogP contribution in [0.5, 0.6) is 0 Å². The van der Waals surface area contributed by atoms with Crippen LogP contribution in [0.15, 0.2) is 29.7 Å². The molecule has 1 aromatic rings. The molecular formula is C12H16O2S. The maximum absolute atomic E-state index is 11.7. The molecule has 1 atom stereocenters. The summed E-state index contributed by atoms with van der Waals surface area (Å²) in [6.07, 6.45) is 2.16. The zero-order valence-corrected chi connectivity index (χ0v) is 9.81. The Labute approximate surface area is 94.7 Å². The maximum atomic E-state index is 11.7. The standard InChI is InChI=1S/C10H12O2S.C2H4/c1-7-4-5-8(12-7)10(11)9-3-2-6-13-9;1-2/h4-5,9H,2-3,6H2,1H3;1-2H2. The molecular weight excluding hydrogens is 208 g/mol. The molecule has 1 aliphatic heterocycles. The summed E-state index contributed by atoms with van der Waals surface area (Å²) in [6, 6.07) is 3.61. The summed E-state index contributed by atoms with van der Waals surface area (Å²) >= 11 is 1.75. The maximum Gasteiger partial charge on any atom is 0.210 e. The van der Waals surface area contributed by atoms with Gasteiger partial charge in [-0.2, -0.15) is 11.8 Å². The number of thioether (sulfide) groups is 1. The number of carbonyl (C=O) groups excluding carboxylic acids is 1. The topological polar surface area (TPSA) is 30.2 Å². The van der Waals surface area contributed by atoms with Gasteiger partial charge in [0.2, 0.25) is 5.78 Å². The monoisotopic (exact) mass is 224 g/mol. The molecule has 2 nitrogen and oxygen atoms in total. The van der Waals surface area contributed by atoms with Gasteiger partial charge in [0, 0.05) is 0 Å². The second-order valence-corrected chi connectivity index (χ2v) is 4.59. The minimum atomic E-state index is 0.144. The lowest BCUT2D eigenvalue weighted by molar-refractivity contribution is 0.0960. The molecule has 3 heteroatoms. The highest BCUT2D eigenvalue weighted by Gasteiger charge is 2.26. The van der Waals surface area contributed by atoms with Crippen molar-refractivity contribution in [3.8, 4) is 0 Å². The van der Waals surface area contributed by atoms with Crippen LogP contribution in [0.4, 0.5) is 0 Å². The van der Waals surface area contributed by atoms with Gasteiger partial charge in [-0.05, 0) is 37.7 Å². The van der Waals surface area contributed by atoms with Crippen molar-refractivity contribution < 1.29 is 9.21 Å². The third kappa shape index (κ3) is 2.99. The number of Topliss-reactive ketones (excluding diaryl/α,β-unsaturated/α-hetero) is 1. The molecule has 1 unspecified atom stereocenters. The minimum absolute atomic E-state index is 0.144. The third-order valence-electron chi connectivity index (χ3n) is 2.21. The third-order valence-corrected chi connectivity index (χ3v) is 3.58. The van der Waals surface area contributed by atoms with Gasteiger partial charge in [0.1, 0.15) is 5.76 Å². The summed E-state index contributed by atoms with van der Waals surface area (Å²) in [5.74, 6) is 2.61. The number of furan rings is 1. The van der Waals surface area contributed by atoms with Gasteiger partial charge in [0.05, 0.1) is 5.25 Å². The van der Waals surface area contributed by atoms with Gasteiger partial charge in [0.25, 0.3) is 0 Å². The Bertz CT molecular complexity index is 324. The lowest BCUT2D eigenvalue weighted by atomic mass is 10.1. The Morgan fingerprint density at radius 2 is 2.27 bits per heavy atom. The van der Waals surface area contributed by atoms with Crippen molar-refractivity contribution in [3.63, 3.8) is 0 Å². The first kappa shape index (κ1) is 12.1. The number of carbonyl (C=O) groups is 1. The summed E-state index contributed by atoms with van der Waals surface area (Å²) in [5.41, 5.74) is 0. The SMILES string of the molecule is C=C.Cc1ccc(C(=O)C2CCCS2)o1. The molecule has 1 aliphatic rings. The molecule has 15 heavy (non-hydrogen) atoms. The van der Waals surface area contributed by atoms with Crippen LogP contribution in [0.3, 0.4) is 0 Å². The molecule has 0 aromatic carbocycles. The quantitative estimate of drug-likeness (QED) is 0.569. The fourth-order valence-electron chi connectivity index (χ4n) is 1.51. The lowest BCUT2D eigenvalue weighted by Gasteiger charge is -2.03. The highest BCUT2D eigenvalue weighted by atomic mass is 32.2. The van der Waals surface area contributed by atoms with Crippen LogP contribution in [-0.4, -0.2) is 16.8 Å². The Kier molecular flexibility index (Phi) is 4.69. The van der Waals surface area contributed by atoms with Gasteiger partial charge in [-0.3, -0.25) is 4.79 Å². The van der Waals surface area contributed by atoms with E-state index in [9.17, 15) is 4.79 Å². The Morgan fingerprint density at radius 3 is 2.73 bits per heavy atom. The first-order valence-electron chi connectivity index (χ1n) is 4.99. The molecule has 1 saturated heterocycles. The molecule has 2 heterocycles. The summed E-state index contributed by atoms with van der Waals surface area (Å²) in [4.78, 5) is 11.7. The first-order valence-corrected chi connectivity index (χ1v) is 6.04. The molecule has 82 valence electrons. The molecule has 2 rings (SSSR count). The van der Waals surface area contributed by atoms with Crippen LogP contribution in [0.2, 0.25) is 0 Å². The van der Waals surface area contributed by atoms with Crippen LogP contribution in [-0.2, 0) is 0 Å². The van der Waals surface area contributed by atoms with E-state index >= 15 is 0 Å². The predicted molar refractivity (Wildman–Crippen MR) is 64.5 cm³/mol. The zero-order valence-electron chi connectivity index (χ0n) is 8.99. The van der Waals surface area contributed by atoms with E-state index in [4.69, 9.17) is 4.42 Å². The van der Waals surface area contributed by atoms with Crippen molar-refractivity contribution in [1.29, 1.82) is 0 Å². The molecule has 0 N–H and O–H groups in total. The van der Waals surface area contributed by atoms with E-state index < -0.39 is 0 Å². The average molecular weight is 224 g/mol. The second kappa shape index (κ2) is 5.81. The number of rotatable bonds is 2. The first-order chi connectivity index (χ1) is 7.27. The second-order valence-electron chi connectivity index (χ2n) is 3.28. The highest BCUT2D eigenvalue weighted by molar-refractivity contribution is 8.00. The van der Waals surface area contributed by atoms with E-state index in [0.29, 0.717) is 5.76 Å². The van der Waals surface area contributed by atoms with Gasteiger partial charge in [0.15, 0.2) is 5.76 Å². The van der Waals surface area contributed by atoms with Crippen molar-refractivity contribution in [2.45, 2.75) is 25.0 Å². The average Bonchev–Trinajstić information content (AvgIpc) is 2.90. The molecule has 0 spiro atoms. The highest BCUT2D eigenvalue weighted by Crippen LogP contribution is 2.29. The smallest absolute Gasteiger partial charge is 0.210 e. The number of ketones is 1. The van der Waals surface area contributed by atoms with Crippen molar-refractivity contribution in [3.05, 3.63) is 36.8 Å². The number of hydrogen-bond acceptors (Lipinski definition) is 3. The molecule has 0 saturated carbocycles. The number of aryl methyl sites for hydroxylation is 1. The van der Waals surface area contributed by atoms with E-state index in [0.717, 1.165) is 24.4 Å². The molecule has 0 amide bonds. The normalized spacial score (nSPS) is 19.4. The molecule has 1 fully saturated rings. The van der Waals surface area contributed by atoms with Gasteiger partial charge in [-0.1, -0.05) is 0 Å². The van der Waals surface area contributed by atoms with Gasteiger partial charge in [-0.15, -0.1) is 13.2 Å². The van der Waals surface area contributed by atoms with Gasteiger partial charge < -0.3 is 4.42 Å². The fourth-order valence-corrected chi connectivity index (χ4v) is 2.73. The van der Waals surface area contributed by atoms with E-state index in [2.05, 4.69) is 13.2 Å². The van der Waals surface area contributed by atoms with E-state index in [1.807, 2.05) is 13.0 Å². The minimum Gasteiger partial charge on any atom is -0.458 e. The van der Waals surface area contributed by atoms with Crippen LogP contribution in [0.1, 0.15) is 29.2 Å². The predicted octanol–water partition coefficient (Wildman–Crippen LogP) is 3.47. The largest absolute Gasteiger partial charge is 0.458 e. The Hall–Kier alpha value is -0.960. The van der Waals surface area contributed by atoms with Gasteiger partial charge in [-0.25, -0.2) is 0 Å². The van der Waals surface area contributed by atoms with Crippen molar-refractivity contribution >= 4 is 17.5 Å². The van der Waals surface area contributed by atoms with Crippen LogP contribution in [0.25, 0.3) is 0 Å². The summed E-state index contributed by atoms with van der Waals surface area (Å²) in [5, 5.41) is 0.144. The van der Waals surface area contributed by atoms with Crippen LogP contribution in [0, 0.1) is 6.92 Å². The zero-order chi connectivity index (χ0) is 11.3. The Morgan fingerprint density at radius 1 is 1.53 bits per heavy atom. The Balaban J connectivity index is 0.000000531. The molecule has 1 aromatic heterocycles. The summed E-state index contributed by atoms with van der Waals surface area (Å²) in [7, 11) is 0. The van der Waals surface area contributed by atoms with Crippen LogP contribution >= 0.6 is 11.8 Å². The summed E-state index contributed by atoms with van der Waals surface area (Å²) < 4.78 is 5.29. The lowest BCUT2D eigenvalue weighted by Crippen LogP contribution is -2.12. The molecule has 0 aliphatic carbocycles. The van der Waals surface area contributed by atoms with Crippen molar-refractivity contribution in [1.82, 2.24) is 0 Å². The summed E-state index contributed by atoms with van der Waals surface area (Å²) in [6.45, 7) is 7.86. The van der Waals surface area contributed by atoms with Gasteiger partial charge >= 0.3 is 0 Å². The van der Waals surface area contributed by atoms with Crippen molar-refractivity contribution in [2.75, 3.05) is 5.75 Å². The fraction of sp³-hybridized carbons (Fsp3) is 0.417. The van der Waals surface area contributed by atoms with E-state index in [-0.39, 0.29) is 11.0 Å². The van der Waals surface area contributed by atoms with Crippen LogP contribution < -0.4 is 0 Å². The molecule has 0 radical (unpaired) electrons.